The van der Waals surface area contributed by atoms with Crippen LogP contribution in [0.5, 0.6) is 0 Å². The van der Waals surface area contributed by atoms with Crippen molar-refractivity contribution < 1.29 is 110 Å². The fraction of sp³-hybridized carbons (Fsp3) is 0. The molecule has 0 bridgehead atoms. The van der Waals surface area contributed by atoms with E-state index in [1.807, 2.05) is 0 Å². The molecule has 0 amide bonds. The summed E-state index contributed by atoms with van der Waals surface area (Å²) in [5.41, 5.74) is -14.3. The van der Waals surface area contributed by atoms with E-state index in [1.165, 1.54) is 0 Å². The van der Waals surface area contributed by atoms with Crippen molar-refractivity contribution >= 4 is 28.0 Å². The summed E-state index contributed by atoms with van der Waals surface area (Å²) < 4.78 is 294. The number of hydrogen-bond acceptors (Lipinski definition) is 0. The van der Waals surface area contributed by atoms with E-state index in [1.54, 1.807) is 0 Å². The molecule has 0 N–H and O–H groups in total. The summed E-state index contributed by atoms with van der Waals surface area (Å²) in [6.07, 6.45) is -7.22. The van der Waals surface area contributed by atoms with E-state index in [4.69, 9.17) is 0 Å². The Balaban J connectivity index is 0.00000576. The molecule has 0 aliphatic rings. The second-order valence-electron chi connectivity index (χ2n) is 8.80. The van der Waals surface area contributed by atoms with Gasteiger partial charge in [0, 0.05) is 0 Å². The quantitative estimate of drug-likeness (QED) is 0.105. The Bertz CT molecular complexity index is 1580. The third-order valence-electron chi connectivity index (χ3n) is 6.71. The van der Waals surface area contributed by atoms with Crippen LogP contribution in [-0.2, 0) is 22.4 Å². The predicted molar refractivity (Wildman–Crippen MR) is 109 cm³/mol. The normalized spacial score (nSPS) is 11.7. The van der Waals surface area contributed by atoms with Crippen LogP contribution in [0.25, 0.3) is 0 Å². The number of hydrogen-bond donors (Lipinski definition) is 0. The fourth-order valence-electron chi connectivity index (χ4n) is 4.87. The van der Waals surface area contributed by atoms with Crippen molar-refractivity contribution in [3.05, 3.63) is 116 Å². The summed E-state index contributed by atoms with van der Waals surface area (Å²) in [5.74, 6) is -71.4. The number of halogens is 20. The van der Waals surface area contributed by atoms with Crippen molar-refractivity contribution in [1.29, 1.82) is 0 Å². The molecular formula is C24AuBF20. The molecule has 0 fully saturated rings. The summed E-state index contributed by atoms with van der Waals surface area (Å²) >= 11 is 0. The maximum absolute atomic E-state index is 15.4. The van der Waals surface area contributed by atoms with Gasteiger partial charge in [-0.1, -0.05) is 0 Å². The predicted octanol–water partition coefficient (Wildman–Crippen LogP) is 5.84. The molecule has 0 atom stereocenters. The minimum absolute atomic E-state index is 0. The van der Waals surface area contributed by atoms with Crippen LogP contribution in [0.15, 0.2) is 0 Å². The minimum atomic E-state index is -7.22. The van der Waals surface area contributed by atoms with Gasteiger partial charge in [0.15, 0.2) is 69.8 Å². The standard InChI is InChI=1S/C24BF20.Au/c26-5-1(6(27)14(35)21(42)13(5)34)25(2-7(28)15(36)22(43)16(37)8(2)29,3-9(30)17(38)23(44)18(39)10(3)31)4-11(32)19(40)24(45)20(41)12(4)33;/q-1;+1. The molecule has 46 heavy (non-hydrogen) atoms. The van der Waals surface area contributed by atoms with Crippen molar-refractivity contribution in [3.8, 4) is 0 Å². The zero-order valence-electron chi connectivity index (χ0n) is 20.4. The van der Waals surface area contributed by atoms with Gasteiger partial charge in [0.05, 0.1) is 0 Å². The second kappa shape index (κ2) is 12.1. The molecule has 0 aliphatic carbocycles. The van der Waals surface area contributed by atoms with Crippen molar-refractivity contribution in [2.75, 3.05) is 0 Å². The fourth-order valence-corrected chi connectivity index (χ4v) is 4.87. The first-order valence-electron chi connectivity index (χ1n) is 10.9. The zero-order valence-corrected chi connectivity index (χ0v) is 22.6. The van der Waals surface area contributed by atoms with E-state index in [0.29, 0.717) is 0 Å². The van der Waals surface area contributed by atoms with Crippen LogP contribution in [0.1, 0.15) is 0 Å². The monoisotopic (exact) mass is 876 g/mol. The molecule has 0 spiro atoms. The molecule has 250 valence electrons. The largest absolute Gasteiger partial charge is 1.00 e. The summed E-state index contributed by atoms with van der Waals surface area (Å²) in [7, 11) is 0. The first kappa shape index (κ1) is 36.8. The first-order chi connectivity index (χ1) is 20.7. The Morgan fingerprint density at radius 3 is 0.370 bits per heavy atom. The molecule has 4 rings (SSSR count). The van der Waals surface area contributed by atoms with Crippen LogP contribution in [-0.4, -0.2) is 6.15 Å². The van der Waals surface area contributed by atoms with Crippen LogP contribution in [0.4, 0.5) is 87.8 Å². The molecule has 22 heteroatoms. The van der Waals surface area contributed by atoms with Gasteiger partial charge in [0.25, 0.3) is 0 Å². The average Bonchev–Trinajstić information content (AvgIpc) is 3.00. The van der Waals surface area contributed by atoms with Gasteiger partial charge in [0.1, 0.15) is 52.7 Å². The van der Waals surface area contributed by atoms with E-state index in [2.05, 4.69) is 0 Å². The van der Waals surface area contributed by atoms with Gasteiger partial charge in [0.2, 0.25) is 0 Å². The van der Waals surface area contributed by atoms with Gasteiger partial charge in [-0.2, -0.15) is 0 Å². The molecule has 0 saturated carbocycles. The molecule has 0 saturated heterocycles. The Hall–Kier alpha value is -3.71. The molecule has 4 aromatic rings. The molecule has 0 radical (unpaired) electrons. The summed E-state index contributed by atoms with van der Waals surface area (Å²) in [4.78, 5) is 0. The summed E-state index contributed by atoms with van der Waals surface area (Å²) in [6.45, 7) is 0. The Morgan fingerprint density at radius 2 is 0.261 bits per heavy atom. The maximum atomic E-state index is 15.4. The van der Waals surface area contributed by atoms with Crippen molar-refractivity contribution in [3.63, 3.8) is 0 Å². The van der Waals surface area contributed by atoms with Crippen LogP contribution < -0.4 is 21.9 Å². The average molecular weight is 876 g/mol. The van der Waals surface area contributed by atoms with Crippen molar-refractivity contribution in [2.45, 2.75) is 0 Å². The molecular weight excluding hydrogens is 876 g/mol. The maximum Gasteiger partial charge on any atom is 1.00 e. The van der Waals surface area contributed by atoms with Gasteiger partial charge in [-0.05, 0) is 0 Å². The molecule has 0 heterocycles. The van der Waals surface area contributed by atoms with Gasteiger partial charge < -0.3 is 0 Å². The third-order valence-corrected chi connectivity index (χ3v) is 6.71. The van der Waals surface area contributed by atoms with Crippen LogP contribution in [0.2, 0.25) is 0 Å². The SMILES string of the molecule is Fc1c(F)c(F)c([B-](c2c(F)c(F)c(F)c(F)c2F)(c2c(F)c(F)c(F)c(F)c2F)c2c(F)c(F)c(F)c(F)c2F)c(F)c1F.[Au+]. The molecule has 4 aromatic carbocycles. The topological polar surface area (TPSA) is 0 Å². The molecule has 0 aliphatic heterocycles. The van der Waals surface area contributed by atoms with E-state index >= 15 is 35.1 Å². The van der Waals surface area contributed by atoms with Gasteiger partial charge in [-0.25, -0.2) is 87.8 Å². The van der Waals surface area contributed by atoms with Crippen LogP contribution in [0.3, 0.4) is 0 Å². The van der Waals surface area contributed by atoms with Gasteiger partial charge in [-0.15, -0.1) is 21.9 Å². The van der Waals surface area contributed by atoms with Crippen LogP contribution >= 0.6 is 0 Å². The Kier molecular flexibility index (Phi) is 9.70. The van der Waals surface area contributed by atoms with Gasteiger partial charge >= 0.3 is 22.4 Å². The molecule has 0 unspecified atom stereocenters. The Labute approximate surface area is 254 Å². The Morgan fingerprint density at radius 1 is 0.174 bits per heavy atom. The van der Waals surface area contributed by atoms with Crippen LogP contribution in [0, 0.1) is 116 Å². The first-order valence-corrected chi connectivity index (χ1v) is 10.9. The minimum Gasteiger partial charge on any atom is -0.207 e. The van der Waals surface area contributed by atoms with E-state index in [0.717, 1.165) is 0 Å². The van der Waals surface area contributed by atoms with E-state index in [-0.39, 0.29) is 22.4 Å². The van der Waals surface area contributed by atoms with Crippen molar-refractivity contribution in [1.82, 2.24) is 0 Å². The molecule has 0 aromatic heterocycles. The van der Waals surface area contributed by atoms with E-state index in [9.17, 15) is 52.7 Å². The zero-order chi connectivity index (χ0) is 34.4. The van der Waals surface area contributed by atoms with Gasteiger partial charge in [-0.3, -0.25) is 0 Å². The second-order valence-corrected chi connectivity index (χ2v) is 8.80. The smallest absolute Gasteiger partial charge is 0.207 e. The van der Waals surface area contributed by atoms with E-state index < -0.39 is 144 Å². The summed E-state index contributed by atoms with van der Waals surface area (Å²) in [6, 6.07) is 0. The summed E-state index contributed by atoms with van der Waals surface area (Å²) in [5, 5.41) is 0. The number of benzene rings is 4. The van der Waals surface area contributed by atoms with Crippen molar-refractivity contribution in [2.24, 2.45) is 0 Å². The number of rotatable bonds is 4. The molecule has 0 nitrogen and oxygen atoms in total. The third kappa shape index (κ3) is 4.60.